The summed E-state index contributed by atoms with van der Waals surface area (Å²) >= 11 is 0. The number of carbonyl (C=O) groups is 3. The van der Waals surface area contributed by atoms with Gasteiger partial charge in [-0.2, -0.15) is 13.2 Å². The number of ether oxygens (including phenoxy) is 1. The summed E-state index contributed by atoms with van der Waals surface area (Å²) in [7, 11) is 0. The van der Waals surface area contributed by atoms with Gasteiger partial charge in [0.2, 0.25) is 11.8 Å². The minimum atomic E-state index is -4.49. The number of carbonyl (C=O) groups excluding carboxylic acids is 3. The first-order valence-electron chi connectivity index (χ1n) is 10.1. The lowest BCUT2D eigenvalue weighted by Gasteiger charge is -2.33. The lowest BCUT2D eigenvalue weighted by Crippen LogP contribution is -2.57. The zero-order valence-electron chi connectivity index (χ0n) is 16.6. The molecule has 168 valence electrons. The van der Waals surface area contributed by atoms with E-state index >= 15 is 0 Å². The molecule has 2 fully saturated rings. The van der Waals surface area contributed by atoms with E-state index in [1.54, 1.807) is 18.2 Å². The highest BCUT2D eigenvalue weighted by Crippen LogP contribution is 2.29. The third-order valence-corrected chi connectivity index (χ3v) is 5.80. The highest BCUT2D eigenvalue weighted by atomic mass is 19.4. The van der Waals surface area contributed by atoms with E-state index in [0.717, 1.165) is 0 Å². The molecule has 3 aliphatic heterocycles. The average molecular weight is 440 g/mol. The van der Waals surface area contributed by atoms with Crippen LogP contribution in [0.3, 0.4) is 0 Å². The lowest BCUT2D eigenvalue weighted by atomic mass is 10.0. The first kappa shape index (κ1) is 21.7. The Morgan fingerprint density at radius 2 is 2.06 bits per heavy atom. The van der Waals surface area contributed by atoms with E-state index in [1.165, 1.54) is 4.90 Å². The zero-order chi connectivity index (χ0) is 22.2. The number of nitrogens with zero attached hydrogens (tertiary/aromatic N) is 1. The van der Waals surface area contributed by atoms with Crippen LogP contribution in [-0.4, -0.2) is 66.7 Å². The van der Waals surface area contributed by atoms with Gasteiger partial charge in [0.05, 0.1) is 12.7 Å². The van der Waals surface area contributed by atoms with Crippen LogP contribution in [0.1, 0.15) is 34.3 Å². The number of nitrogens with one attached hydrogen (secondary N) is 3. The molecule has 3 heterocycles. The van der Waals surface area contributed by atoms with Gasteiger partial charge in [-0.3, -0.25) is 25.0 Å². The molecule has 3 aliphatic rings. The highest BCUT2D eigenvalue weighted by molar-refractivity contribution is 6.05. The maximum absolute atomic E-state index is 13.5. The number of morpholine rings is 1. The molecule has 2 saturated heterocycles. The number of hydrogen-bond donors (Lipinski definition) is 3. The first-order valence-corrected chi connectivity index (χ1v) is 10.1. The average Bonchev–Trinajstić information content (AvgIpc) is 3.04. The summed E-state index contributed by atoms with van der Waals surface area (Å²) in [6.07, 6.45) is -5.11. The summed E-state index contributed by atoms with van der Waals surface area (Å²) in [5.74, 6) is -1.23. The van der Waals surface area contributed by atoms with E-state index in [-0.39, 0.29) is 50.9 Å². The first-order chi connectivity index (χ1) is 14.7. The van der Waals surface area contributed by atoms with Gasteiger partial charge in [-0.25, -0.2) is 0 Å². The smallest absolute Gasteiger partial charge is 0.374 e. The molecule has 0 spiro atoms. The Morgan fingerprint density at radius 3 is 2.74 bits per heavy atom. The van der Waals surface area contributed by atoms with Crippen LogP contribution in [0.15, 0.2) is 18.2 Å². The molecule has 0 radical (unpaired) electrons. The second kappa shape index (κ2) is 8.56. The molecule has 31 heavy (non-hydrogen) atoms. The fourth-order valence-electron chi connectivity index (χ4n) is 4.20. The Morgan fingerprint density at radius 1 is 1.26 bits per heavy atom. The van der Waals surface area contributed by atoms with Crippen molar-refractivity contribution in [3.8, 4) is 0 Å². The summed E-state index contributed by atoms with van der Waals surface area (Å²) in [5.41, 5.74) is 1.59. The van der Waals surface area contributed by atoms with Crippen molar-refractivity contribution in [3.63, 3.8) is 0 Å². The van der Waals surface area contributed by atoms with Gasteiger partial charge in [-0.05, 0) is 23.6 Å². The summed E-state index contributed by atoms with van der Waals surface area (Å²) in [4.78, 5) is 37.7. The van der Waals surface area contributed by atoms with Crippen molar-refractivity contribution in [1.82, 2.24) is 20.9 Å². The molecular formula is C20H23F3N4O4. The maximum Gasteiger partial charge on any atom is 0.406 e. The van der Waals surface area contributed by atoms with Gasteiger partial charge in [0.25, 0.3) is 5.91 Å². The van der Waals surface area contributed by atoms with Crippen molar-refractivity contribution in [2.24, 2.45) is 0 Å². The number of piperidine rings is 1. The SMILES string of the molecule is O=C1CCC(N2Cc3ccc(CNC(C4CNCCO4)C(F)(F)F)cc3C2=O)C(=O)N1. The minimum Gasteiger partial charge on any atom is -0.374 e. The van der Waals surface area contributed by atoms with Crippen molar-refractivity contribution in [2.75, 3.05) is 19.7 Å². The van der Waals surface area contributed by atoms with Crippen LogP contribution >= 0.6 is 0 Å². The summed E-state index contributed by atoms with van der Waals surface area (Å²) < 4.78 is 45.8. The topological polar surface area (TPSA) is 99.8 Å². The fourth-order valence-corrected chi connectivity index (χ4v) is 4.20. The van der Waals surface area contributed by atoms with Crippen LogP contribution < -0.4 is 16.0 Å². The molecular weight excluding hydrogens is 417 g/mol. The van der Waals surface area contributed by atoms with E-state index in [1.807, 2.05) is 0 Å². The van der Waals surface area contributed by atoms with Crippen LogP contribution in [0, 0.1) is 0 Å². The number of halogens is 3. The van der Waals surface area contributed by atoms with Crippen LogP contribution in [-0.2, 0) is 27.4 Å². The number of alkyl halides is 3. The van der Waals surface area contributed by atoms with E-state index in [2.05, 4.69) is 16.0 Å². The van der Waals surface area contributed by atoms with Crippen LogP contribution in [0.25, 0.3) is 0 Å². The standard InChI is InChI=1S/C20H23F3N4O4/c21-20(22,23)17(15-9-24-5-6-31-15)25-8-11-1-2-12-10-27(19(30)13(12)7-11)14-3-4-16(28)26-18(14)29/h1-2,7,14-15,17,24-25H,3-6,8-10H2,(H,26,28,29). The number of rotatable bonds is 5. The monoisotopic (exact) mass is 440 g/mol. The molecule has 0 aliphatic carbocycles. The molecule has 3 N–H and O–H groups in total. The van der Waals surface area contributed by atoms with E-state index in [9.17, 15) is 27.6 Å². The normalized spacial score (nSPS) is 25.4. The van der Waals surface area contributed by atoms with E-state index in [0.29, 0.717) is 23.2 Å². The van der Waals surface area contributed by atoms with Gasteiger partial charge >= 0.3 is 6.18 Å². The van der Waals surface area contributed by atoms with Gasteiger partial charge in [-0.1, -0.05) is 12.1 Å². The molecule has 3 amide bonds. The molecule has 0 saturated carbocycles. The molecule has 1 aromatic rings. The molecule has 0 aromatic heterocycles. The van der Waals surface area contributed by atoms with Gasteiger partial charge < -0.3 is 15.0 Å². The van der Waals surface area contributed by atoms with Crippen molar-refractivity contribution in [3.05, 3.63) is 34.9 Å². The third-order valence-electron chi connectivity index (χ3n) is 5.80. The number of benzene rings is 1. The molecule has 8 nitrogen and oxygen atoms in total. The van der Waals surface area contributed by atoms with Crippen molar-refractivity contribution in [2.45, 2.75) is 50.3 Å². The van der Waals surface area contributed by atoms with Gasteiger partial charge in [0.1, 0.15) is 12.1 Å². The quantitative estimate of drug-likeness (QED) is 0.576. The molecule has 11 heteroatoms. The fraction of sp³-hybridized carbons (Fsp3) is 0.550. The van der Waals surface area contributed by atoms with Crippen LogP contribution in [0.5, 0.6) is 0 Å². The second-order valence-corrected chi connectivity index (χ2v) is 7.91. The summed E-state index contributed by atoms with van der Waals surface area (Å²) in [6.45, 7) is 0.949. The Balaban J connectivity index is 1.45. The van der Waals surface area contributed by atoms with Crippen molar-refractivity contribution < 1.29 is 32.3 Å². The number of amides is 3. The van der Waals surface area contributed by atoms with E-state index in [4.69, 9.17) is 4.74 Å². The Kier molecular flexibility index (Phi) is 6.00. The molecule has 3 atom stereocenters. The van der Waals surface area contributed by atoms with Crippen molar-refractivity contribution in [1.29, 1.82) is 0 Å². The number of imide groups is 1. The van der Waals surface area contributed by atoms with Gasteiger partial charge in [0.15, 0.2) is 0 Å². The maximum atomic E-state index is 13.5. The summed E-state index contributed by atoms with van der Waals surface area (Å²) in [5, 5.41) is 7.66. The largest absolute Gasteiger partial charge is 0.406 e. The van der Waals surface area contributed by atoms with Gasteiger partial charge in [0, 0.05) is 38.2 Å². The third kappa shape index (κ3) is 4.58. The molecule has 1 aromatic carbocycles. The zero-order valence-corrected chi connectivity index (χ0v) is 16.6. The second-order valence-electron chi connectivity index (χ2n) is 7.91. The van der Waals surface area contributed by atoms with Crippen molar-refractivity contribution >= 4 is 17.7 Å². The molecule has 0 bridgehead atoms. The Hall–Kier alpha value is -2.50. The number of hydrogen-bond acceptors (Lipinski definition) is 6. The predicted molar refractivity (Wildman–Crippen MR) is 102 cm³/mol. The molecule has 3 unspecified atom stereocenters. The number of fused-ring (bicyclic) bond motifs is 1. The predicted octanol–water partition coefficient (Wildman–Crippen LogP) is 0.457. The highest BCUT2D eigenvalue weighted by Gasteiger charge is 2.45. The molecule has 4 rings (SSSR count). The lowest BCUT2D eigenvalue weighted by molar-refractivity contribution is -0.188. The van der Waals surface area contributed by atoms with Gasteiger partial charge in [-0.15, -0.1) is 0 Å². The Labute approximate surface area is 176 Å². The van der Waals surface area contributed by atoms with Crippen LogP contribution in [0.2, 0.25) is 0 Å². The van der Waals surface area contributed by atoms with Crippen LogP contribution in [0.4, 0.5) is 13.2 Å². The Bertz CT molecular complexity index is 886. The van der Waals surface area contributed by atoms with E-state index < -0.39 is 30.3 Å². The summed E-state index contributed by atoms with van der Waals surface area (Å²) in [6, 6.07) is 2.34. The minimum absolute atomic E-state index is 0.0942.